The molecule has 9 heteroatoms. The van der Waals surface area contributed by atoms with E-state index in [1.807, 2.05) is 6.07 Å². The van der Waals surface area contributed by atoms with Crippen molar-refractivity contribution in [2.45, 2.75) is 13.2 Å². The van der Waals surface area contributed by atoms with Crippen molar-refractivity contribution in [2.24, 2.45) is 5.10 Å². The van der Waals surface area contributed by atoms with E-state index in [0.29, 0.717) is 29.9 Å². The van der Waals surface area contributed by atoms with Crippen LogP contribution in [0.1, 0.15) is 32.6 Å². The highest BCUT2D eigenvalue weighted by Crippen LogP contribution is 2.21. The number of hydrogen-bond donors (Lipinski definition) is 1. The molecule has 0 saturated carbocycles. The second-order valence-corrected chi connectivity index (χ2v) is 7.32. The zero-order valence-electron chi connectivity index (χ0n) is 17.8. The molecule has 3 aromatic carbocycles. The minimum atomic E-state index is -0.636. The topological polar surface area (TPSA) is 120 Å². The zero-order chi connectivity index (χ0) is 23.9. The number of para-hydroxylation sites is 1. The Kier molecular flexibility index (Phi) is 6.85. The Labute approximate surface area is 194 Å². The Hall–Kier alpha value is -4.63. The number of fused-ring (bicyclic) bond motifs is 1. The summed E-state index contributed by atoms with van der Waals surface area (Å²) in [4.78, 5) is 34.8. The summed E-state index contributed by atoms with van der Waals surface area (Å²) >= 11 is 0. The van der Waals surface area contributed by atoms with Crippen molar-refractivity contribution in [3.05, 3.63) is 111 Å². The number of carbonyl (C=O) groups is 2. The largest absolute Gasteiger partial charge is 0.423 e. The Balaban J connectivity index is 1.37. The Morgan fingerprint density at radius 1 is 1.03 bits per heavy atom. The number of carbonyl (C=O) groups excluding carboxylic acids is 2. The maximum Gasteiger partial charge on any atom is 0.336 e. The van der Waals surface area contributed by atoms with Gasteiger partial charge in [0.25, 0.3) is 11.6 Å². The Morgan fingerprint density at radius 2 is 1.79 bits per heavy atom. The fraction of sp³-hybridized carbons (Fsp3) is 0.0800. The molecule has 0 aromatic heterocycles. The van der Waals surface area contributed by atoms with Gasteiger partial charge in [0.2, 0.25) is 0 Å². The number of nitro groups is 1. The van der Waals surface area contributed by atoms with Gasteiger partial charge in [0.1, 0.15) is 5.75 Å². The van der Waals surface area contributed by atoms with Crippen LogP contribution in [0, 0.1) is 10.1 Å². The average Bonchev–Trinajstić information content (AvgIpc) is 3.32. The number of nitrogens with one attached hydrogen (secondary N) is 1. The lowest BCUT2D eigenvalue weighted by Gasteiger charge is -2.05. The fourth-order valence-corrected chi connectivity index (χ4v) is 3.23. The monoisotopic (exact) mass is 457 g/mol. The molecule has 0 aliphatic carbocycles. The first-order valence-electron chi connectivity index (χ1n) is 10.3. The number of rotatable bonds is 7. The minimum absolute atomic E-state index is 0.0368. The van der Waals surface area contributed by atoms with E-state index in [4.69, 9.17) is 9.47 Å². The third kappa shape index (κ3) is 5.59. The van der Waals surface area contributed by atoms with Crippen molar-refractivity contribution < 1.29 is 24.0 Å². The first-order valence-corrected chi connectivity index (χ1v) is 10.3. The smallest absolute Gasteiger partial charge is 0.336 e. The maximum atomic E-state index is 12.4. The molecule has 3 aromatic rings. The van der Waals surface area contributed by atoms with Crippen LogP contribution in [0.5, 0.6) is 5.75 Å². The lowest BCUT2D eigenvalue weighted by molar-refractivity contribution is -0.384. The predicted molar refractivity (Wildman–Crippen MR) is 124 cm³/mol. The lowest BCUT2D eigenvalue weighted by Crippen LogP contribution is -2.18. The highest BCUT2D eigenvalue weighted by molar-refractivity contribution is 5.96. The van der Waals surface area contributed by atoms with Crippen molar-refractivity contribution >= 4 is 29.9 Å². The van der Waals surface area contributed by atoms with E-state index in [1.165, 1.54) is 42.6 Å². The number of hydrogen-bond acceptors (Lipinski definition) is 7. The third-order valence-electron chi connectivity index (χ3n) is 5.00. The van der Waals surface area contributed by atoms with Gasteiger partial charge in [-0.15, -0.1) is 0 Å². The Bertz CT molecular complexity index is 1300. The van der Waals surface area contributed by atoms with Crippen LogP contribution in [0.2, 0.25) is 0 Å². The van der Waals surface area contributed by atoms with E-state index in [-0.39, 0.29) is 17.3 Å². The second kappa shape index (κ2) is 10.3. The number of esters is 1. The van der Waals surface area contributed by atoms with Crippen LogP contribution in [-0.2, 0) is 22.7 Å². The fourth-order valence-electron chi connectivity index (χ4n) is 3.23. The Morgan fingerprint density at radius 3 is 2.59 bits per heavy atom. The highest BCUT2D eigenvalue weighted by Gasteiger charge is 2.14. The molecule has 0 unspecified atom stereocenters. The van der Waals surface area contributed by atoms with E-state index in [9.17, 15) is 19.7 Å². The normalized spacial score (nSPS) is 12.6. The summed E-state index contributed by atoms with van der Waals surface area (Å²) in [5, 5.41) is 14.7. The average molecular weight is 457 g/mol. The van der Waals surface area contributed by atoms with Crippen molar-refractivity contribution in [1.29, 1.82) is 0 Å². The number of ether oxygens (including phenoxy) is 2. The van der Waals surface area contributed by atoms with Crippen LogP contribution in [0.25, 0.3) is 6.08 Å². The van der Waals surface area contributed by atoms with Gasteiger partial charge in [0.05, 0.1) is 24.4 Å². The molecular formula is C25H19N3O6. The third-order valence-corrected chi connectivity index (χ3v) is 5.00. The molecule has 9 nitrogen and oxygen atoms in total. The molecule has 0 radical (unpaired) electrons. The molecule has 0 atom stereocenters. The minimum Gasteiger partial charge on any atom is -0.423 e. The number of hydrazone groups is 1. The maximum absolute atomic E-state index is 12.4. The van der Waals surface area contributed by atoms with Gasteiger partial charge in [0, 0.05) is 29.3 Å². The summed E-state index contributed by atoms with van der Waals surface area (Å²) < 4.78 is 10.7. The SMILES string of the molecule is O=C(/C=C/c1ccc([N+](=O)[O-])cc1)Oc1ccccc1C=NNC(=O)c1ccc2c(c1)COC2. The summed E-state index contributed by atoms with van der Waals surface area (Å²) in [7, 11) is 0. The van der Waals surface area contributed by atoms with Gasteiger partial charge in [0.15, 0.2) is 0 Å². The molecule has 34 heavy (non-hydrogen) atoms. The van der Waals surface area contributed by atoms with Crippen molar-refractivity contribution in [1.82, 2.24) is 5.43 Å². The van der Waals surface area contributed by atoms with Gasteiger partial charge in [-0.25, -0.2) is 10.2 Å². The van der Waals surface area contributed by atoms with E-state index in [0.717, 1.165) is 11.1 Å². The van der Waals surface area contributed by atoms with E-state index < -0.39 is 10.9 Å². The summed E-state index contributed by atoms with van der Waals surface area (Å²) in [6, 6.07) is 17.8. The van der Waals surface area contributed by atoms with Crippen LogP contribution in [0.4, 0.5) is 5.69 Å². The summed E-state index contributed by atoms with van der Waals surface area (Å²) in [5.41, 5.74) is 6.05. The van der Waals surface area contributed by atoms with Crippen LogP contribution < -0.4 is 10.2 Å². The van der Waals surface area contributed by atoms with Gasteiger partial charge >= 0.3 is 5.97 Å². The molecule has 170 valence electrons. The number of benzene rings is 3. The molecule has 0 bridgehead atoms. The number of amides is 1. The molecule has 0 saturated heterocycles. The quantitative estimate of drug-likeness (QED) is 0.143. The molecule has 1 aliphatic rings. The lowest BCUT2D eigenvalue weighted by atomic mass is 10.1. The second-order valence-electron chi connectivity index (χ2n) is 7.32. The van der Waals surface area contributed by atoms with Crippen molar-refractivity contribution in [3.8, 4) is 5.75 Å². The van der Waals surface area contributed by atoms with E-state index in [2.05, 4.69) is 10.5 Å². The molecule has 1 heterocycles. The van der Waals surface area contributed by atoms with Gasteiger partial charge in [-0.2, -0.15) is 5.10 Å². The molecule has 0 fully saturated rings. The predicted octanol–water partition coefficient (Wildman–Crippen LogP) is 4.01. The standard InChI is InChI=1S/C25H19N3O6/c29-24(12-7-17-5-10-22(11-6-17)28(31)32)34-23-4-2-1-3-19(23)14-26-27-25(30)18-8-9-20-15-33-16-21(20)13-18/h1-14H,15-16H2,(H,27,30)/b12-7+,26-14?. The zero-order valence-corrected chi connectivity index (χ0v) is 17.8. The van der Waals surface area contributed by atoms with Gasteiger partial charge < -0.3 is 9.47 Å². The van der Waals surface area contributed by atoms with Crippen LogP contribution in [0.15, 0.2) is 77.9 Å². The molecule has 0 spiro atoms. The number of nitro benzene ring substituents is 1. The first-order chi connectivity index (χ1) is 16.5. The van der Waals surface area contributed by atoms with E-state index in [1.54, 1.807) is 36.4 Å². The molecular weight excluding hydrogens is 438 g/mol. The number of nitrogens with zero attached hydrogens (tertiary/aromatic N) is 2. The molecule has 4 rings (SSSR count). The molecule has 1 N–H and O–H groups in total. The number of non-ortho nitro benzene ring substituents is 1. The van der Waals surface area contributed by atoms with Crippen LogP contribution in [0.3, 0.4) is 0 Å². The van der Waals surface area contributed by atoms with Crippen LogP contribution >= 0.6 is 0 Å². The molecule has 1 aliphatic heterocycles. The van der Waals surface area contributed by atoms with E-state index >= 15 is 0 Å². The van der Waals surface area contributed by atoms with Gasteiger partial charge in [-0.05, 0) is 59.2 Å². The van der Waals surface area contributed by atoms with Gasteiger partial charge in [-0.3, -0.25) is 14.9 Å². The highest BCUT2D eigenvalue weighted by atomic mass is 16.6. The summed E-state index contributed by atoms with van der Waals surface area (Å²) in [6.07, 6.45) is 4.09. The summed E-state index contributed by atoms with van der Waals surface area (Å²) in [5.74, 6) is -0.747. The van der Waals surface area contributed by atoms with Crippen molar-refractivity contribution in [3.63, 3.8) is 0 Å². The first kappa shape index (κ1) is 22.6. The summed E-state index contributed by atoms with van der Waals surface area (Å²) in [6.45, 7) is 1.03. The van der Waals surface area contributed by atoms with Gasteiger partial charge in [-0.1, -0.05) is 18.2 Å². The molecule has 1 amide bonds. The van der Waals surface area contributed by atoms with Crippen LogP contribution in [-0.4, -0.2) is 23.0 Å². The van der Waals surface area contributed by atoms with Crippen molar-refractivity contribution in [2.75, 3.05) is 0 Å².